The van der Waals surface area contributed by atoms with E-state index >= 15 is 0 Å². The van der Waals surface area contributed by atoms with Crippen LogP contribution in [0.15, 0.2) is 93.3 Å². The van der Waals surface area contributed by atoms with Gasteiger partial charge in [-0.25, -0.2) is 5.01 Å². The highest BCUT2D eigenvalue weighted by Crippen LogP contribution is 2.30. The minimum absolute atomic E-state index is 0.0363. The van der Waals surface area contributed by atoms with Crippen molar-refractivity contribution in [3.8, 4) is 0 Å². The first-order valence-electron chi connectivity index (χ1n) is 9.57. The van der Waals surface area contributed by atoms with Gasteiger partial charge >= 0.3 is 0 Å². The standard InChI is InChI=1S/C23H19Cl2N3O2S/c1-16(27-31(29,30)21-13-11-20(25)12-14-21)28-15-22(17-5-3-2-4-6-17)23(26-28)18-7-9-19(24)10-8-18/h2-14,22H,15H2,1H3/b27-16+. The molecule has 3 aromatic carbocycles. The molecular weight excluding hydrogens is 453 g/mol. The summed E-state index contributed by atoms with van der Waals surface area (Å²) in [5.74, 6) is 0.255. The second-order valence-corrected chi connectivity index (χ2v) is 9.58. The fourth-order valence-electron chi connectivity index (χ4n) is 3.41. The van der Waals surface area contributed by atoms with E-state index in [0.29, 0.717) is 22.4 Å². The molecular formula is C23H19Cl2N3O2S. The van der Waals surface area contributed by atoms with Crippen LogP contribution in [0, 0.1) is 0 Å². The number of rotatable bonds is 4. The average Bonchev–Trinajstić information content (AvgIpc) is 3.21. The van der Waals surface area contributed by atoms with Gasteiger partial charge in [-0.3, -0.25) is 0 Å². The van der Waals surface area contributed by atoms with Crippen LogP contribution < -0.4 is 0 Å². The Balaban J connectivity index is 1.70. The van der Waals surface area contributed by atoms with Crippen LogP contribution in [0.5, 0.6) is 0 Å². The number of benzene rings is 3. The number of nitrogens with zero attached hydrogens (tertiary/aromatic N) is 3. The minimum atomic E-state index is -3.88. The molecule has 4 rings (SSSR count). The van der Waals surface area contributed by atoms with Crippen LogP contribution in [-0.2, 0) is 10.0 Å². The van der Waals surface area contributed by atoms with Crippen LogP contribution in [-0.4, -0.2) is 31.5 Å². The SMILES string of the molecule is C/C(=N\S(=O)(=O)c1ccc(Cl)cc1)N1CC(c2ccccc2)C(c2ccc(Cl)cc2)=N1. The fourth-order valence-corrected chi connectivity index (χ4v) is 4.69. The van der Waals surface area contributed by atoms with Crippen molar-refractivity contribution in [3.05, 3.63) is 100 Å². The molecule has 0 saturated heterocycles. The molecule has 8 heteroatoms. The van der Waals surface area contributed by atoms with Gasteiger partial charge in [0.1, 0.15) is 5.84 Å². The molecule has 1 aliphatic heterocycles. The van der Waals surface area contributed by atoms with Crippen LogP contribution in [0.4, 0.5) is 0 Å². The minimum Gasteiger partial charge on any atom is -0.250 e. The first-order valence-corrected chi connectivity index (χ1v) is 11.8. The van der Waals surface area contributed by atoms with Crippen molar-refractivity contribution in [2.45, 2.75) is 17.7 Å². The van der Waals surface area contributed by atoms with Crippen molar-refractivity contribution in [2.75, 3.05) is 6.54 Å². The van der Waals surface area contributed by atoms with Gasteiger partial charge in [0.05, 0.1) is 17.2 Å². The van der Waals surface area contributed by atoms with Gasteiger partial charge < -0.3 is 0 Å². The third-order valence-electron chi connectivity index (χ3n) is 4.99. The predicted octanol–water partition coefficient (Wildman–Crippen LogP) is 5.60. The molecule has 5 nitrogen and oxygen atoms in total. The lowest BCUT2D eigenvalue weighted by Gasteiger charge is -2.16. The van der Waals surface area contributed by atoms with E-state index in [-0.39, 0.29) is 10.8 Å². The third-order valence-corrected chi connectivity index (χ3v) is 6.87. The lowest BCUT2D eigenvalue weighted by Crippen LogP contribution is -2.24. The summed E-state index contributed by atoms with van der Waals surface area (Å²) in [4.78, 5) is 0.0805. The zero-order valence-corrected chi connectivity index (χ0v) is 18.9. The van der Waals surface area contributed by atoms with E-state index in [2.05, 4.69) is 4.40 Å². The van der Waals surface area contributed by atoms with Crippen molar-refractivity contribution >= 4 is 44.8 Å². The Morgan fingerprint density at radius 2 is 1.52 bits per heavy atom. The predicted molar refractivity (Wildman–Crippen MR) is 126 cm³/mol. The highest BCUT2D eigenvalue weighted by atomic mass is 35.5. The lowest BCUT2D eigenvalue weighted by molar-refractivity contribution is 0.472. The van der Waals surface area contributed by atoms with Crippen molar-refractivity contribution in [1.29, 1.82) is 0 Å². The topological polar surface area (TPSA) is 62.1 Å². The van der Waals surface area contributed by atoms with Crippen LogP contribution in [0.2, 0.25) is 10.0 Å². The molecule has 1 aliphatic rings. The van der Waals surface area contributed by atoms with Crippen molar-refractivity contribution in [1.82, 2.24) is 5.01 Å². The molecule has 158 valence electrons. The average molecular weight is 472 g/mol. The quantitative estimate of drug-likeness (QED) is 0.367. The first kappa shape index (κ1) is 21.6. The maximum Gasteiger partial charge on any atom is 0.283 e. The first-order chi connectivity index (χ1) is 14.8. The van der Waals surface area contributed by atoms with Crippen LogP contribution in [0.25, 0.3) is 0 Å². The molecule has 1 atom stereocenters. The molecule has 1 unspecified atom stereocenters. The van der Waals surface area contributed by atoms with E-state index in [1.54, 1.807) is 11.9 Å². The molecule has 0 bridgehead atoms. The highest BCUT2D eigenvalue weighted by Gasteiger charge is 2.31. The Morgan fingerprint density at radius 3 is 2.13 bits per heavy atom. The number of sulfonamides is 1. The molecule has 3 aromatic rings. The monoisotopic (exact) mass is 471 g/mol. The summed E-state index contributed by atoms with van der Waals surface area (Å²) in [6, 6.07) is 23.4. The van der Waals surface area contributed by atoms with Crippen LogP contribution in [0.1, 0.15) is 24.0 Å². The number of amidine groups is 1. The van der Waals surface area contributed by atoms with Gasteiger partial charge in [0.15, 0.2) is 0 Å². The Labute approximate surface area is 191 Å². The highest BCUT2D eigenvalue weighted by molar-refractivity contribution is 7.90. The maximum absolute atomic E-state index is 12.7. The number of hydrazone groups is 1. The summed E-state index contributed by atoms with van der Waals surface area (Å²) < 4.78 is 29.5. The van der Waals surface area contributed by atoms with E-state index in [1.165, 1.54) is 24.3 Å². The summed E-state index contributed by atoms with van der Waals surface area (Å²) in [7, 11) is -3.88. The van der Waals surface area contributed by atoms with E-state index < -0.39 is 10.0 Å². The summed E-state index contributed by atoms with van der Waals surface area (Å²) >= 11 is 11.9. The van der Waals surface area contributed by atoms with Crippen molar-refractivity contribution in [3.63, 3.8) is 0 Å². The zero-order chi connectivity index (χ0) is 22.0. The summed E-state index contributed by atoms with van der Waals surface area (Å²) in [6.07, 6.45) is 0. The molecule has 1 heterocycles. The fraction of sp³-hybridized carbons (Fsp3) is 0.130. The van der Waals surface area contributed by atoms with Gasteiger partial charge in [-0.15, -0.1) is 4.40 Å². The number of hydrogen-bond donors (Lipinski definition) is 0. The van der Waals surface area contributed by atoms with Gasteiger partial charge in [-0.05, 0) is 54.4 Å². The van der Waals surface area contributed by atoms with E-state index in [9.17, 15) is 8.42 Å². The van der Waals surface area contributed by atoms with E-state index in [4.69, 9.17) is 28.3 Å². The molecule has 0 amide bonds. The molecule has 0 saturated carbocycles. The van der Waals surface area contributed by atoms with Crippen LogP contribution >= 0.6 is 23.2 Å². The van der Waals surface area contributed by atoms with Gasteiger partial charge in [0.25, 0.3) is 10.0 Å². The second-order valence-electron chi connectivity index (χ2n) is 7.10. The molecule has 0 N–H and O–H groups in total. The van der Waals surface area contributed by atoms with Gasteiger partial charge in [0.2, 0.25) is 0 Å². The van der Waals surface area contributed by atoms with Gasteiger partial charge in [0, 0.05) is 16.0 Å². The Hall–Kier alpha value is -2.67. The van der Waals surface area contributed by atoms with E-state index in [0.717, 1.165) is 16.8 Å². The van der Waals surface area contributed by atoms with Gasteiger partial charge in [-0.2, -0.15) is 13.5 Å². The Morgan fingerprint density at radius 1 is 0.935 bits per heavy atom. The number of halogens is 2. The summed E-state index contributed by atoms with van der Waals surface area (Å²) in [5.41, 5.74) is 2.85. The van der Waals surface area contributed by atoms with Crippen molar-refractivity contribution in [2.24, 2.45) is 9.50 Å². The lowest BCUT2D eigenvalue weighted by atomic mass is 9.91. The molecule has 0 spiro atoms. The molecule has 0 fully saturated rings. The Bertz CT molecular complexity index is 1240. The zero-order valence-electron chi connectivity index (χ0n) is 16.6. The normalized spacial score (nSPS) is 17.0. The smallest absolute Gasteiger partial charge is 0.250 e. The summed E-state index contributed by atoms with van der Waals surface area (Å²) in [5, 5.41) is 7.46. The molecule has 31 heavy (non-hydrogen) atoms. The van der Waals surface area contributed by atoms with Crippen molar-refractivity contribution < 1.29 is 8.42 Å². The Kier molecular flexibility index (Phi) is 6.14. The molecule has 0 radical (unpaired) electrons. The largest absolute Gasteiger partial charge is 0.283 e. The second kappa shape index (κ2) is 8.83. The maximum atomic E-state index is 12.7. The van der Waals surface area contributed by atoms with E-state index in [1.807, 2.05) is 54.6 Å². The van der Waals surface area contributed by atoms with Gasteiger partial charge in [-0.1, -0.05) is 65.7 Å². The summed E-state index contributed by atoms with van der Waals surface area (Å²) in [6.45, 7) is 2.12. The third kappa shape index (κ3) is 4.82. The molecule has 0 aromatic heterocycles. The number of hydrogen-bond acceptors (Lipinski definition) is 3. The molecule has 0 aliphatic carbocycles. The van der Waals surface area contributed by atoms with Crippen LogP contribution in [0.3, 0.4) is 0 Å².